The highest BCUT2D eigenvalue weighted by molar-refractivity contribution is 6.45. The van der Waals surface area contributed by atoms with Crippen LogP contribution in [0, 0.1) is 0 Å². The lowest BCUT2D eigenvalue weighted by Crippen LogP contribution is -2.29. The van der Waals surface area contributed by atoms with Crippen LogP contribution in [0.4, 0.5) is 11.4 Å². The summed E-state index contributed by atoms with van der Waals surface area (Å²) in [6.45, 7) is 0. The van der Waals surface area contributed by atoms with Crippen LogP contribution in [0.3, 0.4) is 0 Å². The van der Waals surface area contributed by atoms with Gasteiger partial charge < -0.3 is 15.4 Å². The van der Waals surface area contributed by atoms with Crippen LogP contribution in [0.5, 0.6) is 0 Å². The zero-order valence-electron chi connectivity index (χ0n) is 14.2. The van der Waals surface area contributed by atoms with Crippen LogP contribution in [-0.2, 0) is 14.3 Å². The van der Waals surface area contributed by atoms with Gasteiger partial charge in [-0.15, -0.1) is 0 Å². The minimum Gasteiger partial charge on any atom is -0.465 e. The second kappa shape index (κ2) is 7.84. The van der Waals surface area contributed by atoms with Crippen molar-refractivity contribution in [2.24, 2.45) is 0 Å². The summed E-state index contributed by atoms with van der Waals surface area (Å²) in [6, 6.07) is 13.1. The van der Waals surface area contributed by atoms with Gasteiger partial charge in [0.15, 0.2) is 0 Å². The van der Waals surface area contributed by atoms with E-state index in [1.54, 1.807) is 24.4 Å². The van der Waals surface area contributed by atoms with Crippen molar-refractivity contribution in [3.63, 3.8) is 0 Å². The summed E-state index contributed by atoms with van der Waals surface area (Å²) in [5.41, 5.74) is 1.28. The van der Waals surface area contributed by atoms with Gasteiger partial charge in [0, 0.05) is 11.6 Å². The number of carbonyl (C=O) groups excluding carboxylic acids is 3. The Kier molecular flexibility index (Phi) is 5.33. The van der Waals surface area contributed by atoms with Gasteiger partial charge in [-0.25, -0.2) is 4.79 Å². The Morgan fingerprint density at radius 1 is 0.963 bits per heavy atom. The predicted molar refractivity (Wildman–Crippen MR) is 102 cm³/mol. The van der Waals surface area contributed by atoms with Gasteiger partial charge in [0.1, 0.15) is 0 Å². The highest BCUT2D eigenvalue weighted by atomic mass is 35.5. The highest BCUT2D eigenvalue weighted by Crippen LogP contribution is 2.24. The number of esters is 1. The number of rotatable bonds is 3. The first-order chi connectivity index (χ1) is 13.0. The van der Waals surface area contributed by atoms with Gasteiger partial charge >= 0.3 is 17.8 Å². The minimum absolute atomic E-state index is 0.121. The number of pyridine rings is 1. The molecule has 1 aromatic heterocycles. The Hall–Kier alpha value is -3.45. The number of halogens is 1. The van der Waals surface area contributed by atoms with Crippen LogP contribution in [0.2, 0.25) is 5.02 Å². The number of benzene rings is 2. The molecule has 7 nitrogen and oxygen atoms in total. The van der Waals surface area contributed by atoms with E-state index in [0.717, 1.165) is 5.39 Å². The molecule has 3 rings (SSSR count). The fraction of sp³-hybridized carbons (Fsp3) is 0.0526. The topological polar surface area (TPSA) is 97.4 Å². The first-order valence-electron chi connectivity index (χ1n) is 7.83. The maximum atomic E-state index is 12.3. The number of aromatic nitrogens is 1. The fourth-order valence-electron chi connectivity index (χ4n) is 2.43. The van der Waals surface area contributed by atoms with Crippen molar-refractivity contribution >= 4 is 51.7 Å². The lowest BCUT2D eigenvalue weighted by atomic mass is 10.2. The van der Waals surface area contributed by atoms with E-state index in [9.17, 15) is 14.4 Å². The van der Waals surface area contributed by atoms with Crippen LogP contribution in [-0.4, -0.2) is 29.9 Å². The summed E-state index contributed by atoms with van der Waals surface area (Å²) in [5.74, 6) is -2.42. The number of hydrogen-bond donors (Lipinski definition) is 2. The summed E-state index contributed by atoms with van der Waals surface area (Å²) in [5, 5.41) is 5.91. The van der Waals surface area contributed by atoms with E-state index in [1.165, 1.54) is 25.3 Å². The Labute approximate surface area is 159 Å². The monoisotopic (exact) mass is 383 g/mol. The predicted octanol–water partition coefficient (Wildman–Crippen LogP) is 3.25. The molecule has 0 radical (unpaired) electrons. The van der Waals surface area contributed by atoms with Crippen molar-refractivity contribution in [3.8, 4) is 0 Å². The van der Waals surface area contributed by atoms with E-state index in [4.69, 9.17) is 11.6 Å². The third kappa shape index (κ3) is 4.04. The largest absolute Gasteiger partial charge is 0.465 e. The van der Waals surface area contributed by atoms with Crippen LogP contribution >= 0.6 is 11.6 Å². The zero-order chi connectivity index (χ0) is 19.4. The summed E-state index contributed by atoms with van der Waals surface area (Å²) < 4.78 is 4.62. The van der Waals surface area contributed by atoms with Crippen LogP contribution < -0.4 is 10.6 Å². The normalized spacial score (nSPS) is 10.3. The molecule has 0 spiro atoms. The third-order valence-corrected chi connectivity index (χ3v) is 4.05. The second-order valence-corrected chi connectivity index (χ2v) is 5.88. The van der Waals surface area contributed by atoms with Crippen molar-refractivity contribution in [1.82, 2.24) is 4.98 Å². The zero-order valence-corrected chi connectivity index (χ0v) is 14.9. The molecule has 1 heterocycles. The van der Waals surface area contributed by atoms with Crippen LogP contribution in [0.15, 0.2) is 54.7 Å². The number of hydrogen-bond acceptors (Lipinski definition) is 5. The number of nitrogens with zero attached hydrogens (tertiary/aromatic N) is 1. The van der Waals surface area contributed by atoms with E-state index in [0.29, 0.717) is 11.2 Å². The molecule has 0 saturated carbocycles. The molecule has 0 aliphatic heterocycles. The summed E-state index contributed by atoms with van der Waals surface area (Å²) in [7, 11) is 1.24. The Bertz CT molecular complexity index is 1050. The molecular weight excluding hydrogens is 370 g/mol. The van der Waals surface area contributed by atoms with E-state index in [1.807, 2.05) is 12.1 Å². The van der Waals surface area contributed by atoms with Crippen molar-refractivity contribution in [2.45, 2.75) is 0 Å². The lowest BCUT2D eigenvalue weighted by Gasteiger charge is -2.10. The molecule has 0 fully saturated rings. The summed E-state index contributed by atoms with van der Waals surface area (Å²) in [6.07, 6.45) is 1.59. The van der Waals surface area contributed by atoms with Crippen molar-refractivity contribution in [2.75, 3.05) is 17.7 Å². The van der Waals surface area contributed by atoms with E-state index in [-0.39, 0.29) is 16.3 Å². The number of amides is 2. The molecule has 0 atom stereocenters. The number of para-hydroxylation sites is 1. The number of nitrogens with one attached hydrogen (secondary N) is 2. The molecule has 2 amide bonds. The molecule has 27 heavy (non-hydrogen) atoms. The fourth-order valence-corrected chi connectivity index (χ4v) is 2.59. The number of methoxy groups -OCH3 is 1. The Morgan fingerprint density at radius 2 is 1.67 bits per heavy atom. The van der Waals surface area contributed by atoms with Crippen molar-refractivity contribution < 1.29 is 19.1 Å². The maximum Gasteiger partial charge on any atom is 0.337 e. The second-order valence-electron chi connectivity index (χ2n) is 5.48. The van der Waals surface area contributed by atoms with Gasteiger partial charge in [0.25, 0.3) is 0 Å². The van der Waals surface area contributed by atoms with Gasteiger partial charge in [0.05, 0.1) is 34.6 Å². The molecule has 8 heteroatoms. The van der Waals surface area contributed by atoms with E-state index in [2.05, 4.69) is 20.4 Å². The summed E-state index contributed by atoms with van der Waals surface area (Å²) >= 11 is 6.02. The smallest absolute Gasteiger partial charge is 0.337 e. The SMILES string of the molecule is COC(=O)c1ccc(Cl)c(NC(=O)C(=O)Nc2cccc3cccnc23)c1. The summed E-state index contributed by atoms with van der Waals surface area (Å²) in [4.78, 5) is 40.3. The first kappa shape index (κ1) is 18.3. The molecule has 0 saturated heterocycles. The van der Waals surface area contributed by atoms with E-state index < -0.39 is 17.8 Å². The Balaban J connectivity index is 1.78. The third-order valence-electron chi connectivity index (χ3n) is 3.72. The van der Waals surface area contributed by atoms with Gasteiger partial charge in [0.2, 0.25) is 0 Å². The molecule has 2 N–H and O–H groups in total. The average Bonchev–Trinajstić information content (AvgIpc) is 2.69. The molecule has 0 unspecified atom stereocenters. The number of ether oxygens (including phenoxy) is 1. The standard InChI is InChI=1S/C19H14ClN3O4/c1-27-19(26)12-7-8-13(20)15(10-12)23-18(25)17(24)22-14-6-2-4-11-5-3-9-21-16(11)14/h2-10H,1H3,(H,22,24)(H,23,25). The molecule has 2 aromatic carbocycles. The quantitative estimate of drug-likeness (QED) is 0.534. The van der Waals surface area contributed by atoms with Crippen LogP contribution in [0.25, 0.3) is 10.9 Å². The van der Waals surface area contributed by atoms with Crippen LogP contribution in [0.1, 0.15) is 10.4 Å². The number of fused-ring (bicyclic) bond motifs is 1. The lowest BCUT2D eigenvalue weighted by molar-refractivity contribution is -0.132. The van der Waals surface area contributed by atoms with Gasteiger partial charge in [-0.1, -0.05) is 29.8 Å². The molecule has 136 valence electrons. The average molecular weight is 384 g/mol. The number of anilines is 2. The molecule has 0 aliphatic rings. The molecule has 0 bridgehead atoms. The number of carbonyl (C=O) groups is 3. The molecule has 0 aliphatic carbocycles. The maximum absolute atomic E-state index is 12.3. The molecule has 3 aromatic rings. The van der Waals surface area contributed by atoms with Crippen molar-refractivity contribution in [1.29, 1.82) is 0 Å². The first-order valence-corrected chi connectivity index (χ1v) is 8.21. The van der Waals surface area contributed by atoms with E-state index >= 15 is 0 Å². The highest BCUT2D eigenvalue weighted by Gasteiger charge is 2.18. The Morgan fingerprint density at radius 3 is 2.41 bits per heavy atom. The minimum atomic E-state index is -0.938. The molecular formula is C19H14ClN3O4. The van der Waals surface area contributed by atoms with Gasteiger partial charge in [-0.2, -0.15) is 0 Å². The van der Waals surface area contributed by atoms with Crippen molar-refractivity contribution in [3.05, 3.63) is 65.3 Å². The van der Waals surface area contributed by atoms with Gasteiger partial charge in [-0.3, -0.25) is 14.6 Å². The van der Waals surface area contributed by atoms with Gasteiger partial charge in [-0.05, 0) is 30.3 Å².